The third-order valence-electron chi connectivity index (χ3n) is 3.01. The van der Waals surface area contributed by atoms with Crippen molar-refractivity contribution in [2.45, 2.75) is 17.1 Å². The van der Waals surface area contributed by atoms with Crippen LogP contribution in [0.3, 0.4) is 0 Å². The van der Waals surface area contributed by atoms with Crippen LogP contribution in [0.4, 0.5) is 14.5 Å². The molecule has 2 amide bonds. The molecule has 1 atom stereocenters. The number of thioether (sulfide) groups is 1. The van der Waals surface area contributed by atoms with Gasteiger partial charge in [0.25, 0.3) is 0 Å². The van der Waals surface area contributed by atoms with Crippen molar-refractivity contribution in [3.63, 3.8) is 0 Å². The number of hydrogen-bond donors (Lipinski definition) is 2. The Morgan fingerprint density at radius 2 is 1.74 bits per heavy atom. The van der Waals surface area contributed by atoms with E-state index in [0.717, 1.165) is 23.9 Å². The molecule has 120 valence electrons. The molecular formula is C16H14F2N2O2S. The van der Waals surface area contributed by atoms with Gasteiger partial charge in [0, 0.05) is 16.1 Å². The molecule has 0 aliphatic heterocycles. The highest BCUT2D eigenvalue weighted by Crippen LogP contribution is 2.25. The van der Waals surface area contributed by atoms with Crippen LogP contribution in [0.2, 0.25) is 0 Å². The Hall–Kier alpha value is -2.41. The van der Waals surface area contributed by atoms with E-state index in [2.05, 4.69) is 5.32 Å². The molecule has 3 N–H and O–H groups in total. The van der Waals surface area contributed by atoms with E-state index in [4.69, 9.17) is 5.73 Å². The highest BCUT2D eigenvalue weighted by Gasteiger charge is 2.15. The summed E-state index contributed by atoms with van der Waals surface area (Å²) in [5.74, 6) is -2.73. The van der Waals surface area contributed by atoms with Crippen molar-refractivity contribution in [2.75, 3.05) is 5.32 Å². The quantitative estimate of drug-likeness (QED) is 0.824. The van der Waals surface area contributed by atoms with E-state index in [1.165, 1.54) is 18.2 Å². The van der Waals surface area contributed by atoms with Gasteiger partial charge in [0.1, 0.15) is 0 Å². The van der Waals surface area contributed by atoms with Crippen molar-refractivity contribution in [1.82, 2.24) is 0 Å². The number of carbonyl (C=O) groups is 2. The molecule has 0 bridgehead atoms. The van der Waals surface area contributed by atoms with Gasteiger partial charge in [-0.2, -0.15) is 0 Å². The third kappa shape index (κ3) is 4.53. The summed E-state index contributed by atoms with van der Waals surface area (Å²) in [5.41, 5.74) is 5.99. The van der Waals surface area contributed by atoms with Crippen LogP contribution in [0.25, 0.3) is 0 Å². The maximum Gasteiger partial charge on any atom is 0.248 e. The molecule has 0 saturated carbocycles. The summed E-state index contributed by atoms with van der Waals surface area (Å²) < 4.78 is 26.0. The lowest BCUT2D eigenvalue weighted by molar-refractivity contribution is -0.115. The average Bonchev–Trinajstić information content (AvgIpc) is 2.51. The number of rotatable bonds is 5. The van der Waals surface area contributed by atoms with Gasteiger partial charge in [-0.1, -0.05) is 0 Å². The van der Waals surface area contributed by atoms with E-state index >= 15 is 0 Å². The van der Waals surface area contributed by atoms with E-state index in [1.807, 2.05) is 0 Å². The first-order valence-corrected chi connectivity index (χ1v) is 7.57. The smallest absolute Gasteiger partial charge is 0.248 e. The monoisotopic (exact) mass is 336 g/mol. The molecule has 23 heavy (non-hydrogen) atoms. The molecule has 0 aliphatic rings. The zero-order valence-electron chi connectivity index (χ0n) is 12.2. The Bertz CT molecular complexity index is 735. The van der Waals surface area contributed by atoms with Gasteiger partial charge in [0.2, 0.25) is 11.8 Å². The Balaban J connectivity index is 1.99. The Labute approximate surface area is 136 Å². The first-order valence-electron chi connectivity index (χ1n) is 6.69. The van der Waals surface area contributed by atoms with Crippen molar-refractivity contribution in [3.05, 3.63) is 59.7 Å². The van der Waals surface area contributed by atoms with Crippen LogP contribution in [0.5, 0.6) is 0 Å². The van der Waals surface area contributed by atoms with Crippen LogP contribution in [-0.4, -0.2) is 17.1 Å². The number of nitrogens with one attached hydrogen (secondary N) is 1. The number of amides is 2. The van der Waals surface area contributed by atoms with Crippen molar-refractivity contribution in [3.8, 4) is 0 Å². The molecule has 7 heteroatoms. The predicted molar refractivity (Wildman–Crippen MR) is 85.3 cm³/mol. The second kappa shape index (κ2) is 7.23. The van der Waals surface area contributed by atoms with Crippen LogP contribution in [0, 0.1) is 11.6 Å². The Morgan fingerprint density at radius 3 is 2.30 bits per heavy atom. The third-order valence-corrected chi connectivity index (χ3v) is 4.10. The van der Waals surface area contributed by atoms with Gasteiger partial charge in [0.05, 0.1) is 5.25 Å². The lowest BCUT2D eigenvalue weighted by Crippen LogP contribution is -2.22. The first kappa shape index (κ1) is 17.0. The Kier molecular flexibility index (Phi) is 5.33. The van der Waals surface area contributed by atoms with Crippen molar-refractivity contribution in [1.29, 1.82) is 0 Å². The van der Waals surface area contributed by atoms with Crippen LogP contribution in [0.15, 0.2) is 47.4 Å². The molecule has 0 radical (unpaired) electrons. The summed E-state index contributed by atoms with van der Waals surface area (Å²) >= 11 is 1.11. The summed E-state index contributed by atoms with van der Waals surface area (Å²) in [6.07, 6.45) is 0. The molecule has 2 aromatic rings. The lowest BCUT2D eigenvalue weighted by atomic mass is 10.2. The van der Waals surface area contributed by atoms with Gasteiger partial charge >= 0.3 is 0 Å². The van der Waals surface area contributed by atoms with Gasteiger partial charge < -0.3 is 11.1 Å². The number of anilines is 1. The number of benzene rings is 2. The highest BCUT2D eigenvalue weighted by molar-refractivity contribution is 8.00. The normalized spacial score (nSPS) is 11.8. The molecule has 0 heterocycles. The molecule has 0 aromatic heterocycles. The standard InChI is InChI=1S/C16H14F2N2O2S/c1-9(23-12-6-7-13(17)14(18)8-12)16(22)20-11-4-2-10(3-5-11)15(19)21/h2-9H,1H3,(H2,19,21)(H,20,22). The second-order valence-corrected chi connectivity index (χ2v) is 6.18. The van der Waals surface area contributed by atoms with Gasteiger partial charge in [-0.15, -0.1) is 11.8 Å². The van der Waals surface area contributed by atoms with Gasteiger partial charge in [-0.05, 0) is 49.4 Å². The van der Waals surface area contributed by atoms with Gasteiger partial charge in [-0.25, -0.2) is 8.78 Å². The van der Waals surface area contributed by atoms with Crippen molar-refractivity contribution >= 4 is 29.3 Å². The summed E-state index contributed by atoms with van der Waals surface area (Å²) in [4.78, 5) is 23.5. The maximum atomic E-state index is 13.2. The topological polar surface area (TPSA) is 72.2 Å². The van der Waals surface area contributed by atoms with Crippen LogP contribution >= 0.6 is 11.8 Å². The summed E-state index contributed by atoms with van der Waals surface area (Å²) in [7, 11) is 0. The highest BCUT2D eigenvalue weighted by atomic mass is 32.2. The number of hydrogen-bond acceptors (Lipinski definition) is 3. The zero-order chi connectivity index (χ0) is 17.0. The molecule has 2 aromatic carbocycles. The summed E-state index contributed by atoms with van der Waals surface area (Å²) in [6.45, 7) is 1.65. The van der Waals surface area contributed by atoms with Crippen LogP contribution in [-0.2, 0) is 4.79 Å². The van der Waals surface area contributed by atoms with E-state index < -0.39 is 22.8 Å². The number of carbonyl (C=O) groups excluding carboxylic acids is 2. The molecule has 0 fully saturated rings. The van der Waals surface area contributed by atoms with Crippen LogP contribution < -0.4 is 11.1 Å². The fourth-order valence-corrected chi connectivity index (χ4v) is 2.66. The zero-order valence-corrected chi connectivity index (χ0v) is 13.0. The second-order valence-electron chi connectivity index (χ2n) is 4.77. The number of primary amides is 1. The fourth-order valence-electron chi connectivity index (χ4n) is 1.77. The largest absolute Gasteiger partial charge is 0.366 e. The number of halogens is 2. The molecule has 0 aliphatic carbocycles. The van der Waals surface area contributed by atoms with Crippen molar-refractivity contribution < 1.29 is 18.4 Å². The first-order chi connectivity index (χ1) is 10.9. The fraction of sp³-hybridized carbons (Fsp3) is 0.125. The van der Waals surface area contributed by atoms with E-state index in [-0.39, 0.29) is 5.91 Å². The SMILES string of the molecule is CC(Sc1ccc(F)c(F)c1)C(=O)Nc1ccc(C(N)=O)cc1. The van der Waals surface area contributed by atoms with Crippen LogP contribution in [0.1, 0.15) is 17.3 Å². The average molecular weight is 336 g/mol. The maximum absolute atomic E-state index is 13.2. The molecule has 0 spiro atoms. The van der Waals surface area contributed by atoms with E-state index in [9.17, 15) is 18.4 Å². The molecule has 0 saturated heterocycles. The van der Waals surface area contributed by atoms with Gasteiger partial charge in [0.15, 0.2) is 11.6 Å². The summed E-state index contributed by atoms with van der Waals surface area (Å²) in [5, 5.41) is 2.16. The Morgan fingerprint density at radius 1 is 1.09 bits per heavy atom. The van der Waals surface area contributed by atoms with Crippen molar-refractivity contribution in [2.24, 2.45) is 5.73 Å². The van der Waals surface area contributed by atoms with Gasteiger partial charge in [-0.3, -0.25) is 9.59 Å². The van der Waals surface area contributed by atoms with E-state index in [0.29, 0.717) is 16.1 Å². The minimum atomic E-state index is -0.954. The molecule has 1 unspecified atom stereocenters. The lowest BCUT2D eigenvalue weighted by Gasteiger charge is -2.12. The minimum Gasteiger partial charge on any atom is -0.366 e. The summed E-state index contributed by atoms with van der Waals surface area (Å²) in [6, 6.07) is 9.61. The van der Waals surface area contributed by atoms with E-state index in [1.54, 1.807) is 19.1 Å². The minimum absolute atomic E-state index is 0.299. The predicted octanol–water partition coefficient (Wildman–Crippen LogP) is 3.18. The number of nitrogens with two attached hydrogens (primary N) is 1. The molecule has 4 nitrogen and oxygen atoms in total. The molecule has 2 rings (SSSR count). The molecular weight excluding hydrogens is 322 g/mol.